The van der Waals surface area contributed by atoms with Gasteiger partial charge < -0.3 is 10.2 Å². The fraction of sp³-hybridized carbons (Fsp3) is 0.471. The van der Waals surface area contributed by atoms with Crippen LogP contribution in [-0.2, 0) is 13.1 Å². The monoisotopic (exact) mass is 303 g/mol. The Kier molecular flexibility index (Phi) is 5.01. The summed E-state index contributed by atoms with van der Waals surface area (Å²) in [5, 5.41) is 6.79. The zero-order valence-electron chi connectivity index (χ0n) is 13.6. The van der Waals surface area contributed by atoms with E-state index in [0.29, 0.717) is 0 Å². The molecule has 0 radical (unpaired) electrons. The van der Waals surface area contributed by atoms with Gasteiger partial charge in [-0.25, -0.2) is 4.98 Å². The molecular formula is C17H25N3S. The minimum Gasteiger partial charge on any atom is -0.369 e. The lowest BCUT2D eigenvalue weighted by Gasteiger charge is -2.19. The van der Waals surface area contributed by atoms with Crippen LogP contribution in [0.1, 0.15) is 37.0 Å². The number of thiazole rings is 1. The van der Waals surface area contributed by atoms with E-state index in [4.69, 9.17) is 4.98 Å². The summed E-state index contributed by atoms with van der Waals surface area (Å²) >= 11 is 1.73. The Morgan fingerprint density at radius 3 is 2.71 bits per heavy atom. The molecule has 4 heteroatoms. The number of aromatic nitrogens is 1. The Morgan fingerprint density at radius 1 is 1.29 bits per heavy atom. The third-order valence-corrected chi connectivity index (χ3v) is 4.11. The minimum atomic E-state index is 0.129. The standard InChI is InChI=1S/C17H25N3S/c1-13-7-6-8-15(9-13)20(5)11-14-12-21-16(19-14)10-18-17(2,3)4/h6-9,12,18H,10-11H2,1-5H3. The highest BCUT2D eigenvalue weighted by molar-refractivity contribution is 7.09. The molecule has 1 heterocycles. The maximum Gasteiger partial charge on any atom is 0.107 e. The van der Waals surface area contributed by atoms with E-state index in [1.54, 1.807) is 11.3 Å². The molecule has 3 nitrogen and oxygen atoms in total. The zero-order chi connectivity index (χ0) is 15.5. The highest BCUT2D eigenvalue weighted by Crippen LogP contribution is 2.18. The summed E-state index contributed by atoms with van der Waals surface area (Å²) in [5.74, 6) is 0. The molecule has 0 aliphatic rings. The molecule has 0 atom stereocenters. The largest absolute Gasteiger partial charge is 0.369 e. The van der Waals surface area contributed by atoms with Gasteiger partial charge in [0.05, 0.1) is 12.2 Å². The van der Waals surface area contributed by atoms with E-state index in [1.165, 1.54) is 11.3 Å². The van der Waals surface area contributed by atoms with Crippen LogP contribution in [0.3, 0.4) is 0 Å². The van der Waals surface area contributed by atoms with Crippen molar-refractivity contribution in [1.29, 1.82) is 0 Å². The smallest absolute Gasteiger partial charge is 0.107 e. The molecule has 0 saturated carbocycles. The fourth-order valence-corrected chi connectivity index (χ4v) is 2.77. The molecule has 1 aromatic carbocycles. The van der Waals surface area contributed by atoms with Crippen LogP contribution in [0.15, 0.2) is 29.6 Å². The van der Waals surface area contributed by atoms with Gasteiger partial charge in [0.2, 0.25) is 0 Å². The van der Waals surface area contributed by atoms with E-state index < -0.39 is 0 Å². The van der Waals surface area contributed by atoms with Gasteiger partial charge in [-0.2, -0.15) is 0 Å². The number of hydrogen-bond acceptors (Lipinski definition) is 4. The molecule has 2 rings (SSSR count). The SMILES string of the molecule is Cc1cccc(N(C)Cc2csc(CNC(C)(C)C)n2)c1. The van der Waals surface area contributed by atoms with Crippen molar-refractivity contribution < 1.29 is 0 Å². The third kappa shape index (κ3) is 5.14. The summed E-state index contributed by atoms with van der Waals surface area (Å²) in [7, 11) is 2.11. The van der Waals surface area contributed by atoms with Crippen molar-refractivity contribution >= 4 is 17.0 Å². The van der Waals surface area contributed by atoms with Crippen molar-refractivity contribution in [2.75, 3.05) is 11.9 Å². The lowest BCUT2D eigenvalue weighted by Crippen LogP contribution is -2.35. The number of nitrogens with zero attached hydrogens (tertiary/aromatic N) is 2. The molecule has 0 aliphatic heterocycles. The van der Waals surface area contributed by atoms with Crippen LogP contribution in [0.4, 0.5) is 5.69 Å². The molecule has 0 aliphatic carbocycles. The molecule has 0 fully saturated rings. The van der Waals surface area contributed by atoms with Crippen LogP contribution in [0.25, 0.3) is 0 Å². The van der Waals surface area contributed by atoms with E-state index in [1.807, 2.05) is 0 Å². The normalized spacial score (nSPS) is 11.7. The number of rotatable bonds is 5. The van der Waals surface area contributed by atoms with Crippen LogP contribution < -0.4 is 10.2 Å². The summed E-state index contributed by atoms with van der Waals surface area (Å²) in [6.07, 6.45) is 0. The van der Waals surface area contributed by atoms with Crippen LogP contribution in [0.2, 0.25) is 0 Å². The molecular weight excluding hydrogens is 278 g/mol. The van der Waals surface area contributed by atoms with Gasteiger partial charge in [-0.1, -0.05) is 12.1 Å². The topological polar surface area (TPSA) is 28.2 Å². The van der Waals surface area contributed by atoms with Gasteiger partial charge >= 0.3 is 0 Å². The lowest BCUT2D eigenvalue weighted by molar-refractivity contribution is 0.423. The molecule has 0 spiro atoms. The Labute approximate surface area is 132 Å². The van der Waals surface area contributed by atoms with E-state index in [2.05, 4.69) is 74.6 Å². The summed E-state index contributed by atoms with van der Waals surface area (Å²) in [5.41, 5.74) is 3.78. The van der Waals surface area contributed by atoms with E-state index in [0.717, 1.165) is 23.8 Å². The van der Waals surface area contributed by atoms with Crippen molar-refractivity contribution in [3.05, 3.63) is 45.9 Å². The second kappa shape index (κ2) is 6.58. The second-order valence-electron chi connectivity index (χ2n) is 6.53. The van der Waals surface area contributed by atoms with Gasteiger partial charge in [-0.3, -0.25) is 0 Å². The molecule has 0 amide bonds. The predicted octanol–water partition coefficient (Wildman–Crippen LogP) is 3.98. The molecule has 0 unspecified atom stereocenters. The fourth-order valence-electron chi connectivity index (χ4n) is 2.04. The number of anilines is 1. The van der Waals surface area contributed by atoms with Crippen LogP contribution in [0.5, 0.6) is 0 Å². The van der Waals surface area contributed by atoms with Crippen molar-refractivity contribution in [3.63, 3.8) is 0 Å². The number of aryl methyl sites for hydroxylation is 1. The lowest BCUT2D eigenvalue weighted by atomic mass is 10.1. The van der Waals surface area contributed by atoms with E-state index in [9.17, 15) is 0 Å². The van der Waals surface area contributed by atoms with Gasteiger partial charge in [0, 0.05) is 30.2 Å². The quantitative estimate of drug-likeness (QED) is 0.905. The maximum atomic E-state index is 4.72. The van der Waals surface area contributed by atoms with Crippen LogP contribution >= 0.6 is 11.3 Å². The number of benzene rings is 1. The van der Waals surface area contributed by atoms with Gasteiger partial charge in [0.1, 0.15) is 5.01 Å². The summed E-state index contributed by atoms with van der Waals surface area (Å²) < 4.78 is 0. The number of nitrogens with one attached hydrogen (secondary N) is 1. The first-order chi connectivity index (χ1) is 9.83. The Bertz CT molecular complexity index is 584. The first-order valence-corrected chi connectivity index (χ1v) is 8.17. The Balaban J connectivity index is 1.96. The third-order valence-electron chi connectivity index (χ3n) is 3.21. The van der Waals surface area contributed by atoms with E-state index >= 15 is 0 Å². The maximum absolute atomic E-state index is 4.72. The predicted molar refractivity (Wildman–Crippen MR) is 92.0 cm³/mol. The van der Waals surface area contributed by atoms with Gasteiger partial charge in [-0.05, 0) is 45.4 Å². The molecule has 1 N–H and O–H groups in total. The highest BCUT2D eigenvalue weighted by Gasteiger charge is 2.11. The highest BCUT2D eigenvalue weighted by atomic mass is 32.1. The average Bonchev–Trinajstić information content (AvgIpc) is 2.83. The van der Waals surface area contributed by atoms with Crippen LogP contribution in [-0.4, -0.2) is 17.6 Å². The zero-order valence-corrected chi connectivity index (χ0v) is 14.4. The Hall–Kier alpha value is -1.39. The average molecular weight is 303 g/mol. The Morgan fingerprint density at radius 2 is 2.05 bits per heavy atom. The molecule has 0 bridgehead atoms. The van der Waals surface area contributed by atoms with Gasteiger partial charge in [-0.15, -0.1) is 11.3 Å². The van der Waals surface area contributed by atoms with Crippen molar-refractivity contribution in [2.24, 2.45) is 0 Å². The first kappa shape index (κ1) is 16.0. The molecule has 114 valence electrons. The van der Waals surface area contributed by atoms with Crippen molar-refractivity contribution in [2.45, 2.75) is 46.3 Å². The van der Waals surface area contributed by atoms with Crippen molar-refractivity contribution in [3.8, 4) is 0 Å². The van der Waals surface area contributed by atoms with Crippen LogP contribution in [0, 0.1) is 6.92 Å². The summed E-state index contributed by atoms with van der Waals surface area (Å²) in [6, 6.07) is 8.56. The molecule has 21 heavy (non-hydrogen) atoms. The van der Waals surface area contributed by atoms with Gasteiger partial charge in [0.15, 0.2) is 0 Å². The first-order valence-electron chi connectivity index (χ1n) is 7.29. The molecule has 0 saturated heterocycles. The van der Waals surface area contributed by atoms with Crippen molar-refractivity contribution in [1.82, 2.24) is 10.3 Å². The molecule has 1 aromatic heterocycles. The van der Waals surface area contributed by atoms with E-state index in [-0.39, 0.29) is 5.54 Å². The molecule has 2 aromatic rings. The summed E-state index contributed by atoms with van der Waals surface area (Å²) in [4.78, 5) is 6.95. The minimum absolute atomic E-state index is 0.129. The van der Waals surface area contributed by atoms with Gasteiger partial charge in [0.25, 0.3) is 0 Å². The number of hydrogen-bond donors (Lipinski definition) is 1. The second-order valence-corrected chi connectivity index (χ2v) is 7.47. The summed E-state index contributed by atoms with van der Waals surface area (Å²) in [6.45, 7) is 10.3.